The fourth-order valence-corrected chi connectivity index (χ4v) is 7.45. The maximum absolute atomic E-state index is 12.1. The van der Waals surface area contributed by atoms with Crippen LogP contribution in [0.5, 0.6) is 0 Å². The third kappa shape index (κ3) is 4.27. The van der Waals surface area contributed by atoms with Gasteiger partial charge in [0, 0.05) is 0 Å². The molecule has 0 atom stereocenters. The van der Waals surface area contributed by atoms with Crippen molar-refractivity contribution >= 4 is 48.4 Å². The fourth-order valence-electron chi connectivity index (χ4n) is 0.828. The van der Waals surface area contributed by atoms with Gasteiger partial charge in [-0.1, -0.05) is 0 Å². The van der Waals surface area contributed by atoms with Crippen LogP contribution in [0.4, 0.5) is 39.5 Å². The Hall–Kier alpha value is -0.183. The van der Waals surface area contributed by atoms with Crippen LogP contribution >= 0.6 is 0 Å². The van der Waals surface area contributed by atoms with E-state index in [1.807, 2.05) is 0 Å². The van der Waals surface area contributed by atoms with Gasteiger partial charge in [-0.05, 0) is 0 Å². The summed E-state index contributed by atoms with van der Waals surface area (Å²) in [5.74, 6) is 0. The Labute approximate surface area is 133 Å². The molecule has 0 unspecified atom stereocenters. The van der Waals surface area contributed by atoms with Crippen molar-refractivity contribution in [3.63, 3.8) is 0 Å². The Morgan fingerprint density at radius 1 is 0.478 bits per heavy atom. The van der Waals surface area contributed by atoms with Gasteiger partial charge in [-0.25, -0.2) is 25.3 Å². The summed E-state index contributed by atoms with van der Waals surface area (Å²) in [5.41, 5.74) is -21.1. The van der Waals surface area contributed by atoms with Crippen LogP contribution in [0.25, 0.3) is 0 Å². The minimum absolute atomic E-state index is 0. The van der Waals surface area contributed by atoms with Gasteiger partial charge in [0.2, 0.25) is 0 Å². The Morgan fingerprint density at radius 3 is 0.696 bits per heavy atom. The SMILES string of the molecule is O=S(=O)(C(S(=O)(=O)C(F)(F)F)S(=O)(=O)C(F)(F)F)C(F)(F)F.[LiH]. The fraction of sp³-hybridized carbons (Fsp3) is 1.00. The van der Waals surface area contributed by atoms with E-state index in [2.05, 4.69) is 0 Å². The first kappa shape index (κ1) is 25.1. The summed E-state index contributed by atoms with van der Waals surface area (Å²) in [6, 6.07) is 0. The van der Waals surface area contributed by atoms with E-state index in [4.69, 9.17) is 0 Å². The molecule has 0 saturated carbocycles. The molecule has 0 aromatic rings. The molecule has 0 aromatic carbocycles. The van der Waals surface area contributed by atoms with Crippen molar-refractivity contribution in [1.82, 2.24) is 0 Å². The second-order valence-corrected chi connectivity index (χ2v) is 10.2. The summed E-state index contributed by atoms with van der Waals surface area (Å²) in [7, 11) is -23.8. The molecule has 6 nitrogen and oxygen atoms in total. The van der Waals surface area contributed by atoms with Crippen LogP contribution in [-0.4, -0.2) is 64.6 Å². The van der Waals surface area contributed by atoms with Gasteiger partial charge in [0.25, 0.3) is 33.4 Å². The number of halogens is 9. The molecule has 136 valence electrons. The van der Waals surface area contributed by atoms with Gasteiger partial charge in [-0.3, -0.25) is 0 Å². The second-order valence-electron chi connectivity index (χ2n) is 3.26. The van der Waals surface area contributed by atoms with Crippen LogP contribution in [0.1, 0.15) is 0 Å². The van der Waals surface area contributed by atoms with E-state index in [9.17, 15) is 64.8 Å². The molecule has 0 N–H and O–H groups in total. The van der Waals surface area contributed by atoms with Gasteiger partial charge in [0.15, 0.2) is 0 Å². The molecular formula is C4H2F9LiO6S3. The van der Waals surface area contributed by atoms with Crippen LogP contribution in [0, 0.1) is 0 Å². The summed E-state index contributed by atoms with van der Waals surface area (Å²) in [6.45, 7) is 0. The summed E-state index contributed by atoms with van der Waals surface area (Å²) >= 11 is 0. The topological polar surface area (TPSA) is 102 Å². The Balaban J connectivity index is 0. The number of hydrogen-bond donors (Lipinski definition) is 0. The molecule has 0 radical (unpaired) electrons. The number of sulfone groups is 3. The first-order valence-electron chi connectivity index (χ1n) is 4.02. The predicted octanol–water partition coefficient (Wildman–Crippen LogP) is 0.425. The monoisotopic (exact) mass is 420 g/mol. The second kappa shape index (κ2) is 6.27. The summed E-state index contributed by atoms with van der Waals surface area (Å²) in [4.78, 5) is 0. The van der Waals surface area contributed by atoms with E-state index in [-0.39, 0.29) is 18.9 Å². The molecule has 0 amide bonds. The third-order valence-corrected chi connectivity index (χ3v) is 9.74. The molecule has 0 fully saturated rings. The summed E-state index contributed by atoms with van der Waals surface area (Å²) in [6.07, 6.45) is 0. The summed E-state index contributed by atoms with van der Waals surface area (Å²) in [5, 5.41) is 0. The zero-order chi connectivity index (χ0) is 18.6. The van der Waals surface area contributed by atoms with E-state index in [1.54, 1.807) is 0 Å². The molecular weight excluding hydrogens is 418 g/mol. The zero-order valence-corrected chi connectivity index (χ0v) is 11.6. The molecule has 0 bridgehead atoms. The van der Waals surface area contributed by atoms with E-state index in [0.717, 1.165) is 0 Å². The molecule has 0 aliphatic rings. The van der Waals surface area contributed by atoms with Crippen LogP contribution in [-0.2, 0) is 29.5 Å². The Morgan fingerprint density at radius 2 is 0.609 bits per heavy atom. The molecule has 0 aliphatic carbocycles. The summed E-state index contributed by atoms with van der Waals surface area (Å²) < 4.78 is 167. The van der Waals surface area contributed by atoms with E-state index in [0.29, 0.717) is 0 Å². The normalized spacial score (nSPS) is 15.4. The third-order valence-electron chi connectivity index (χ3n) is 1.73. The molecule has 0 aromatic heterocycles. The van der Waals surface area contributed by atoms with Crippen LogP contribution in [0.2, 0.25) is 0 Å². The van der Waals surface area contributed by atoms with Gasteiger partial charge < -0.3 is 0 Å². The first-order valence-corrected chi connectivity index (χ1v) is 8.66. The number of alkyl halides is 9. The van der Waals surface area contributed by atoms with Gasteiger partial charge in [0.1, 0.15) is 0 Å². The van der Waals surface area contributed by atoms with Crippen molar-refractivity contribution in [1.29, 1.82) is 0 Å². The average Bonchev–Trinajstić information content (AvgIpc) is 2.09. The van der Waals surface area contributed by atoms with E-state index < -0.39 is 50.0 Å². The Bertz CT molecular complexity index is 634. The van der Waals surface area contributed by atoms with E-state index in [1.165, 1.54) is 0 Å². The molecule has 0 spiro atoms. The van der Waals surface area contributed by atoms with Gasteiger partial charge >= 0.3 is 35.4 Å². The Kier molecular flexibility index (Phi) is 6.84. The van der Waals surface area contributed by atoms with Crippen LogP contribution in [0.3, 0.4) is 0 Å². The van der Waals surface area contributed by atoms with E-state index >= 15 is 0 Å². The number of hydrogen-bond acceptors (Lipinski definition) is 6. The molecule has 23 heavy (non-hydrogen) atoms. The zero-order valence-electron chi connectivity index (χ0n) is 9.15. The number of rotatable bonds is 3. The minimum atomic E-state index is -7.94. The van der Waals surface area contributed by atoms with Crippen molar-refractivity contribution in [3.05, 3.63) is 0 Å². The molecule has 0 aliphatic heterocycles. The van der Waals surface area contributed by atoms with Crippen LogP contribution in [0.15, 0.2) is 0 Å². The van der Waals surface area contributed by atoms with Crippen molar-refractivity contribution in [2.75, 3.05) is 0 Å². The van der Waals surface area contributed by atoms with Gasteiger partial charge in [-0.2, -0.15) is 39.5 Å². The standard InChI is InChI=1S/C4HF9O6S3.Li.H/c5-2(6,7)20(14,15)1(21(16,17)3(8,9)10)22(18,19)4(11,12)13;;/h1H;;. The van der Waals surface area contributed by atoms with Crippen molar-refractivity contribution in [2.24, 2.45) is 0 Å². The predicted molar refractivity (Wildman–Crippen MR) is 55.9 cm³/mol. The van der Waals surface area contributed by atoms with Crippen molar-refractivity contribution in [3.8, 4) is 0 Å². The first-order chi connectivity index (χ1) is 9.12. The molecule has 19 heteroatoms. The molecule has 0 saturated heterocycles. The van der Waals surface area contributed by atoms with Crippen molar-refractivity contribution in [2.45, 2.75) is 20.4 Å². The van der Waals surface area contributed by atoms with Crippen LogP contribution < -0.4 is 0 Å². The molecule has 0 heterocycles. The average molecular weight is 420 g/mol. The van der Waals surface area contributed by atoms with Gasteiger partial charge in [-0.15, -0.1) is 0 Å². The van der Waals surface area contributed by atoms with Crippen molar-refractivity contribution < 1.29 is 64.8 Å². The maximum atomic E-state index is 12.1. The van der Waals surface area contributed by atoms with Gasteiger partial charge in [0.05, 0.1) is 0 Å². The quantitative estimate of drug-likeness (QED) is 0.485. The molecule has 0 rings (SSSR count).